The van der Waals surface area contributed by atoms with Crippen molar-refractivity contribution in [2.45, 2.75) is 25.7 Å². The molecular formula is C23H29Cl2N3O4. The average Bonchev–Trinajstić information content (AvgIpc) is 2.96. The standard InChI is InChI=1S/C23H29Cl2N3O4/c24-19-6-4-17(14-20(19)25)5-7-21(29)27-11-8-22(30)28(13-12-27)16-18(23(31)32)15-26-9-2-1-3-10-26/h4-7,14,18H,1-3,8-13,15-16H2,(H,31,32). The molecule has 0 saturated carbocycles. The number of carbonyl (C=O) groups is 3. The Balaban J connectivity index is 1.57. The van der Waals surface area contributed by atoms with Crippen LogP contribution in [0.5, 0.6) is 0 Å². The van der Waals surface area contributed by atoms with Crippen molar-refractivity contribution in [1.82, 2.24) is 14.7 Å². The number of aliphatic carboxylic acids is 1. The Hall–Kier alpha value is -2.09. The lowest BCUT2D eigenvalue weighted by atomic mass is 10.1. The van der Waals surface area contributed by atoms with Gasteiger partial charge in [-0.15, -0.1) is 0 Å². The number of rotatable bonds is 7. The molecule has 0 radical (unpaired) electrons. The van der Waals surface area contributed by atoms with Crippen LogP contribution in [0.4, 0.5) is 0 Å². The zero-order chi connectivity index (χ0) is 23.1. The molecule has 2 saturated heterocycles. The van der Waals surface area contributed by atoms with Gasteiger partial charge in [0, 0.05) is 45.2 Å². The van der Waals surface area contributed by atoms with E-state index in [4.69, 9.17) is 23.2 Å². The van der Waals surface area contributed by atoms with Gasteiger partial charge in [0.25, 0.3) is 0 Å². The Kier molecular flexibility index (Phi) is 8.96. The van der Waals surface area contributed by atoms with Crippen LogP contribution < -0.4 is 0 Å². The number of hydrogen-bond donors (Lipinski definition) is 1. The van der Waals surface area contributed by atoms with E-state index in [0.29, 0.717) is 36.2 Å². The van der Waals surface area contributed by atoms with Crippen LogP contribution >= 0.6 is 23.2 Å². The highest BCUT2D eigenvalue weighted by Crippen LogP contribution is 2.23. The maximum absolute atomic E-state index is 12.6. The molecule has 1 aromatic rings. The van der Waals surface area contributed by atoms with E-state index < -0.39 is 11.9 Å². The quantitative estimate of drug-likeness (QED) is 0.604. The van der Waals surface area contributed by atoms with Crippen molar-refractivity contribution in [2.24, 2.45) is 5.92 Å². The molecule has 7 nitrogen and oxygen atoms in total. The molecule has 0 bridgehead atoms. The molecule has 1 unspecified atom stereocenters. The summed E-state index contributed by atoms with van der Waals surface area (Å²) in [6.07, 6.45) is 6.65. The summed E-state index contributed by atoms with van der Waals surface area (Å²) in [5, 5.41) is 10.5. The molecule has 2 heterocycles. The number of likely N-dealkylation sites (tertiary alicyclic amines) is 1. The van der Waals surface area contributed by atoms with Crippen molar-refractivity contribution in [3.8, 4) is 0 Å². The van der Waals surface area contributed by atoms with Crippen LogP contribution in [-0.2, 0) is 14.4 Å². The van der Waals surface area contributed by atoms with Crippen LogP contribution in [0.25, 0.3) is 6.08 Å². The zero-order valence-electron chi connectivity index (χ0n) is 18.0. The third-order valence-corrected chi connectivity index (χ3v) is 6.72. The number of hydrogen-bond acceptors (Lipinski definition) is 4. The first kappa shape index (κ1) is 24.6. The lowest BCUT2D eigenvalue weighted by Gasteiger charge is -2.31. The SMILES string of the molecule is O=C(O)C(CN1CCCCC1)CN1CCN(C(=O)C=Cc2ccc(Cl)c(Cl)c2)CCC1=O. The van der Waals surface area contributed by atoms with Crippen molar-refractivity contribution < 1.29 is 19.5 Å². The summed E-state index contributed by atoms with van der Waals surface area (Å²) in [6, 6.07) is 5.11. The van der Waals surface area contributed by atoms with E-state index in [1.54, 1.807) is 34.1 Å². The summed E-state index contributed by atoms with van der Waals surface area (Å²) in [5.74, 6) is -1.83. The van der Waals surface area contributed by atoms with E-state index in [1.165, 1.54) is 12.5 Å². The topological polar surface area (TPSA) is 81.2 Å². The Morgan fingerprint density at radius 3 is 2.44 bits per heavy atom. The maximum Gasteiger partial charge on any atom is 0.309 e. The largest absolute Gasteiger partial charge is 0.481 e. The normalized spacial score (nSPS) is 19.2. The fourth-order valence-corrected chi connectivity index (χ4v) is 4.41. The second-order valence-corrected chi connectivity index (χ2v) is 9.13. The molecule has 3 rings (SSSR count). The number of piperidine rings is 1. The fourth-order valence-electron chi connectivity index (χ4n) is 4.10. The number of carbonyl (C=O) groups excluding carboxylic acids is 2. The first-order valence-corrected chi connectivity index (χ1v) is 11.7. The summed E-state index contributed by atoms with van der Waals surface area (Å²) in [4.78, 5) is 42.5. The van der Waals surface area contributed by atoms with Gasteiger partial charge >= 0.3 is 5.97 Å². The van der Waals surface area contributed by atoms with Crippen LogP contribution in [0, 0.1) is 5.92 Å². The van der Waals surface area contributed by atoms with E-state index >= 15 is 0 Å². The Morgan fingerprint density at radius 2 is 1.75 bits per heavy atom. The van der Waals surface area contributed by atoms with Crippen molar-refractivity contribution in [1.29, 1.82) is 0 Å². The third-order valence-electron chi connectivity index (χ3n) is 5.98. The van der Waals surface area contributed by atoms with Gasteiger partial charge in [0.05, 0.1) is 16.0 Å². The first-order valence-electron chi connectivity index (χ1n) is 11.0. The summed E-state index contributed by atoms with van der Waals surface area (Å²) < 4.78 is 0. The molecule has 1 atom stereocenters. The smallest absolute Gasteiger partial charge is 0.309 e. The molecule has 32 heavy (non-hydrogen) atoms. The van der Waals surface area contributed by atoms with E-state index in [9.17, 15) is 19.5 Å². The second kappa shape index (κ2) is 11.7. The highest BCUT2D eigenvalue weighted by Gasteiger charge is 2.29. The van der Waals surface area contributed by atoms with E-state index in [2.05, 4.69) is 4.90 Å². The zero-order valence-corrected chi connectivity index (χ0v) is 19.5. The molecule has 174 valence electrons. The molecular weight excluding hydrogens is 453 g/mol. The van der Waals surface area contributed by atoms with Gasteiger partial charge in [-0.3, -0.25) is 14.4 Å². The van der Waals surface area contributed by atoms with Gasteiger partial charge in [0.15, 0.2) is 0 Å². The number of benzene rings is 1. The highest BCUT2D eigenvalue weighted by molar-refractivity contribution is 6.42. The number of nitrogens with zero attached hydrogens (tertiary/aromatic N) is 3. The van der Waals surface area contributed by atoms with Gasteiger partial charge in [0.2, 0.25) is 11.8 Å². The minimum absolute atomic E-state index is 0.112. The van der Waals surface area contributed by atoms with Crippen LogP contribution in [0.3, 0.4) is 0 Å². The number of amides is 2. The summed E-state index contributed by atoms with van der Waals surface area (Å²) in [6.45, 7) is 3.45. The Labute approximate surface area is 198 Å². The number of carboxylic acid groups (broad SMARTS) is 1. The van der Waals surface area contributed by atoms with Crippen molar-refractivity contribution in [3.05, 3.63) is 39.9 Å². The molecule has 9 heteroatoms. The van der Waals surface area contributed by atoms with Gasteiger partial charge < -0.3 is 19.8 Å². The monoisotopic (exact) mass is 481 g/mol. The second-order valence-electron chi connectivity index (χ2n) is 8.32. The van der Waals surface area contributed by atoms with Gasteiger partial charge in [-0.1, -0.05) is 35.7 Å². The van der Waals surface area contributed by atoms with Crippen molar-refractivity contribution in [3.63, 3.8) is 0 Å². The Morgan fingerprint density at radius 1 is 1.00 bits per heavy atom. The maximum atomic E-state index is 12.6. The highest BCUT2D eigenvalue weighted by atomic mass is 35.5. The molecule has 1 N–H and O–H groups in total. The fraction of sp³-hybridized carbons (Fsp3) is 0.522. The molecule has 2 aliphatic rings. The molecule has 2 fully saturated rings. The van der Waals surface area contributed by atoms with Crippen LogP contribution in [0.1, 0.15) is 31.2 Å². The summed E-state index contributed by atoms with van der Waals surface area (Å²) in [7, 11) is 0. The Bertz CT molecular complexity index is 871. The molecule has 0 aromatic heterocycles. The van der Waals surface area contributed by atoms with E-state index in [-0.39, 0.29) is 24.8 Å². The minimum Gasteiger partial charge on any atom is -0.481 e. The summed E-state index contributed by atoms with van der Waals surface area (Å²) in [5.41, 5.74) is 0.752. The van der Waals surface area contributed by atoms with Crippen molar-refractivity contribution >= 4 is 47.1 Å². The molecule has 0 spiro atoms. The predicted molar refractivity (Wildman–Crippen MR) is 125 cm³/mol. The molecule has 0 aliphatic carbocycles. The van der Waals surface area contributed by atoms with E-state index in [1.807, 2.05) is 0 Å². The first-order chi connectivity index (χ1) is 15.3. The predicted octanol–water partition coefficient (Wildman–Crippen LogP) is 3.25. The summed E-state index contributed by atoms with van der Waals surface area (Å²) >= 11 is 11.9. The van der Waals surface area contributed by atoms with E-state index in [0.717, 1.165) is 31.5 Å². The van der Waals surface area contributed by atoms with Gasteiger partial charge in [0.1, 0.15) is 0 Å². The van der Waals surface area contributed by atoms with Crippen LogP contribution in [0.2, 0.25) is 10.0 Å². The molecule has 2 aliphatic heterocycles. The van der Waals surface area contributed by atoms with Crippen LogP contribution in [-0.4, -0.2) is 83.4 Å². The van der Waals surface area contributed by atoms with Gasteiger partial charge in [-0.05, 0) is 49.7 Å². The lowest BCUT2D eigenvalue weighted by molar-refractivity contribution is -0.144. The van der Waals surface area contributed by atoms with Crippen molar-refractivity contribution in [2.75, 3.05) is 45.8 Å². The lowest BCUT2D eigenvalue weighted by Crippen LogP contribution is -2.44. The molecule has 2 amide bonds. The average molecular weight is 482 g/mol. The number of halogens is 2. The molecule has 1 aromatic carbocycles. The number of carboxylic acids is 1. The van der Waals surface area contributed by atoms with Gasteiger partial charge in [-0.2, -0.15) is 0 Å². The minimum atomic E-state index is -0.884. The third kappa shape index (κ3) is 6.95. The van der Waals surface area contributed by atoms with Gasteiger partial charge in [-0.25, -0.2) is 0 Å². The van der Waals surface area contributed by atoms with Crippen LogP contribution in [0.15, 0.2) is 24.3 Å².